The molecule has 0 bridgehead atoms. The molecule has 3 rings (SSSR count). The molecule has 1 aromatic carbocycles. The number of carboxylic acids is 1. The summed E-state index contributed by atoms with van der Waals surface area (Å²) in [5.41, 5.74) is -1.46. The van der Waals surface area contributed by atoms with Gasteiger partial charge in [0.15, 0.2) is 11.3 Å². The van der Waals surface area contributed by atoms with Gasteiger partial charge in [0.2, 0.25) is 0 Å². The molecule has 2 N–H and O–H groups in total. The van der Waals surface area contributed by atoms with E-state index >= 15 is 0 Å². The maximum atomic E-state index is 13.1. The summed E-state index contributed by atoms with van der Waals surface area (Å²) < 4.78 is 62.9. The van der Waals surface area contributed by atoms with Crippen LogP contribution in [0.5, 0.6) is 5.75 Å². The SMILES string of the molecule is O=C(O)C(F)(F)F.O=c1oc2cccnc2c(O)c1-c1ccccc1C(F)F. The molecule has 148 valence electrons. The van der Waals surface area contributed by atoms with Gasteiger partial charge in [-0.1, -0.05) is 24.3 Å². The Labute approximate surface area is 152 Å². The van der Waals surface area contributed by atoms with Crippen LogP contribution < -0.4 is 5.63 Å². The molecule has 0 aliphatic heterocycles. The molecule has 3 aromatic rings. The zero-order valence-corrected chi connectivity index (χ0v) is 13.6. The van der Waals surface area contributed by atoms with Gasteiger partial charge < -0.3 is 14.6 Å². The Bertz CT molecular complexity index is 1060. The number of benzene rings is 1. The average Bonchev–Trinajstić information content (AvgIpc) is 2.61. The number of rotatable bonds is 2. The Hall–Kier alpha value is -3.50. The molecule has 0 saturated carbocycles. The van der Waals surface area contributed by atoms with Crippen molar-refractivity contribution >= 4 is 17.1 Å². The number of carboxylic acid groups (broad SMARTS) is 1. The Kier molecular flexibility index (Phi) is 5.96. The Morgan fingerprint density at radius 1 is 1.11 bits per heavy atom. The van der Waals surface area contributed by atoms with Gasteiger partial charge in [-0.2, -0.15) is 13.2 Å². The third-order valence-corrected chi connectivity index (χ3v) is 3.35. The number of aromatic nitrogens is 1. The molecule has 28 heavy (non-hydrogen) atoms. The highest BCUT2D eigenvalue weighted by atomic mass is 19.4. The van der Waals surface area contributed by atoms with Crippen molar-refractivity contribution in [3.8, 4) is 16.9 Å². The minimum Gasteiger partial charge on any atom is -0.505 e. The number of hydrogen-bond donors (Lipinski definition) is 2. The summed E-state index contributed by atoms with van der Waals surface area (Å²) in [6.45, 7) is 0. The molecule has 2 heterocycles. The molecule has 0 aliphatic rings. The molecule has 0 radical (unpaired) electrons. The van der Waals surface area contributed by atoms with Crippen LogP contribution in [0.25, 0.3) is 22.2 Å². The lowest BCUT2D eigenvalue weighted by Crippen LogP contribution is -2.21. The largest absolute Gasteiger partial charge is 0.505 e. The van der Waals surface area contributed by atoms with E-state index in [4.69, 9.17) is 14.3 Å². The van der Waals surface area contributed by atoms with Crippen molar-refractivity contribution in [2.45, 2.75) is 12.6 Å². The maximum Gasteiger partial charge on any atom is 0.490 e. The Morgan fingerprint density at radius 3 is 2.29 bits per heavy atom. The first kappa shape index (κ1) is 20.8. The van der Waals surface area contributed by atoms with Crippen LogP contribution in [-0.4, -0.2) is 27.3 Å². The molecule has 6 nitrogen and oxygen atoms in total. The molecule has 0 unspecified atom stereocenters. The third-order valence-electron chi connectivity index (χ3n) is 3.35. The van der Waals surface area contributed by atoms with Gasteiger partial charge in [-0.3, -0.25) is 0 Å². The first-order chi connectivity index (χ1) is 13.0. The number of alkyl halides is 5. The topological polar surface area (TPSA) is 101 Å². The minimum absolute atomic E-state index is 0.0520. The van der Waals surface area contributed by atoms with Crippen molar-refractivity contribution in [2.75, 3.05) is 0 Å². The van der Waals surface area contributed by atoms with Crippen LogP contribution in [0.4, 0.5) is 22.0 Å². The molecule has 2 aromatic heterocycles. The molecule has 0 fully saturated rings. The van der Waals surface area contributed by atoms with Crippen molar-refractivity contribution in [1.29, 1.82) is 0 Å². The number of carbonyl (C=O) groups is 1. The number of aliphatic carboxylic acids is 1. The first-order valence-electron chi connectivity index (χ1n) is 7.32. The predicted octanol–water partition coefficient (Wildman–Crippen LogP) is 4.13. The molecule has 0 aliphatic carbocycles. The van der Waals surface area contributed by atoms with Gasteiger partial charge >= 0.3 is 17.8 Å². The van der Waals surface area contributed by atoms with Crippen LogP contribution in [0.2, 0.25) is 0 Å². The van der Waals surface area contributed by atoms with E-state index in [0.717, 1.165) is 0 Å². The first-order valence-corrected chi connectivity index (χ1v) is 7.32. The fourth-order valence-electron chi connectivity index (χ4n) is 2.17. The highest BCUT2D eigenvalue weighted by Gasteiger charge is 2.38. The van der Waals surface area contributed by atoms with Crippen molar-refractivity contribution < 1.29 is 41.4 Å². The van der Waals surface area contributed by atoms with E-state index in [1.54, 1.807) is 0 Å². The van der Waals surface area contributed by atoms with Gasteiger partial charge in [0.05, 0.1) is 0 Å². The van der Waals surface area contributed by atoms with Crippen LogP contribution in [0.15, 0.2) is 51.8 Å². The van der Waals surface area contributed by atoms with Crippen molar-refractivity contribution in [3.05, 3.63) is 58.6 Å². The smallest absolute Gasteiger partial charge is 0.490 e. The predicted molar refractivity (Wildman–Crippen MR) is 86.0 cm³/mol. The Balaban J connectivity index is 0.000000345. The van der Waals surface area contributed by atoms with Gasteiger partial charge in [0.25, 0.3) is 6.43 Å². The Morgan fingerprint density at radius 2 is 1.71 bits per heavy atom. The number of hydrogen-bond acceptors (Lipinski definition) is 5. The van der Waals surface area contributed by atoms with Crippen LogP contribution in [0, 0.1) is 0 Å². The zero-order valence-electron chi connectivity index (χ0n) is 13.6. The summed E-state index contributed by atoms with van der Waals surface area (Å²) in [5.74, 6) is -3.22. The maximum absolute atomic E-state index is 13.1. The lowest BCUT2D eigenvalue weighted by molar-refractivity contribution is -0.192. The van der Waals surface area contributed by atoms with Crippen LogP contribution in [0.3, 0.4) is 0 Å². The van der Waals surface area contributed by atoms with Gasteiger partial charge in [-0.15, -0.1) is 0 Å². The normalized spacial score (nSPS) is 11.2. The van der Waals surface area contributed by atoms with E-state index in [2.05, 4.69) is 4.98 Å². The van der Waals surface area contributed by atoms with Crippen LogP contribution >= 0.6 is 0 Å². The number of aromatic hydroxyl groups is 1. The van der Waals surface area contributed by atoms with E-state index in [1.165, 1.54) is 42.6 Å². The second-order valence-corrected chi connectivity index (χ2v) is 5.15. The summed E-state index contributed by atoms with van der Waals surface area (Å²) in [7, 11) is 0. The van der Waals surface area contributed by atoms with Gasteiger partial charge in [-0.25, -0.2) is 23.4 Å². The van der Waals surface area contributed by atoms with Crippen LogP contribution in [0.1, 0.15) is 12.0 Å². The van der Waals surface area contributed by atoms with E-state index in [1.807, 2.05) is 0 Å². The molecular formula is C17H10F5NO5. The number of halogens is 5. The quantitative estimate of drug-likeness (QED) is 0.624. The molecule has 11 heteroatoms. The lowest BCUT2D eigenvalue weighted by Gasteiger charge is -2.10. The molecule has 0 saturated heterocycles. The van der Waals surface area contributed by atoms with Gasteiger partial charge in [0, 0.05) is 17.3 Å². The second-order valence-electron chi connectivity index (χ2n) is 5.15. The van der Waals surface area contributed by atoms with E-state index in [9.17, 15) is 31.9 Å². The lowest BCUT2D eigenvalue weighted by atomic mass is 10.0. The van der Waals surface area contributed by atoms with Crippen LogP contribution in [-0.2, 0) is 4.79 Å². The van der Waals surface area contributed by atoms with E-state index in [-0.39, 0.29) is 27.8 Å². The third kappa shape index (κ3) is 4.42. The van der Waals surface area contributed by atoms with Gasteiger partial charge in [-0.05, 0) is 12.1 Å². The fourth-order valence-corrected chi connectivity index (χ4v) is 2.17. The van der Waals surface area contributed by atoms with Crippen molar-refractivity contribution in [2.24, 2.45) is 0 Å². The summed E-state index contributed by atoms with van der Waals surface area (Å²) in [4.78, 5) is 24.8. The number of fused-ring (bicyclic) bond motifs is 1. The second kappa shape index (κ2) is 8.03. The fraction of sp³-hybridized carbons (Fsp3) is 0.118. The number of pyridine rings is 1. The minimum atomic E-state index is -5.08. The molecule has 0 amide bonds. The van der Waals surface area contributed by atoms with Gasteiger partial charge in [0.1, 0.15) is 11.1 Å². The summed E-state index contributed by atoms with van der Waals surface area (Å²) in [6, 6.07) is 8.47. The molecule has 0 atom stereocenters. The molecule has 0 spiro atoms. The summed E-state index contributed by atoms with van der Waals surface area (Å²) >= 11 is 0. The van der Waals surface area contributed by atoms with Crippen molar-refractivity contribution in [3.63, 3.8) is 0 Å². The summed E-state index contributed by atoms with van der Waals surface area (Å²) in [6.07, 6.45) is -6.45. The van der Waals surface area contributed by atoms with Crippen molar-refractivity contribution in [1.82, 2.24) is 4.98 Å². The van der Waals surface area contributed by atoms with E-state index in [0.29, 0.717) is 0 Å². The molecular weight excluding hydrogens is 393 g/mol. The standard InChI is InChI=1S/C15H9F2NO3.C2HF3O2/c16-14(17)9-5-2-1-4-8(9)11-13(19)12-10(21-15(11)20)6-3-7-18-12;3-2(4,5)1(6)7/h1-7,14,19H;(H,6,7). The monoisotopic (exact) mass is 403 g/mol. The number of nitrogens with zero attached hydrogens (tertiary/aromatic N) is 1. The average molecular weight is 403 g/mol. The summed E-state index contributed by atoms with van der Waals surface area (Å²) in [5, 5.41) is 17.3. The zero-order chi connectivity index (χ0) is 21.1. The highest BCUT2D eigenvalue weighted by molar-refractivity contribution is 5.87. The highest BCUT2D eigenvalue weighted by Crippen LogP contribution is 2.36. The van der Waals surface area contributed by atoms with E-state index < -0.39 is 29.9 Å².